The Hall–Kier alpha value is -3.14. The first-order valence-corrected chi connectivity index (χ1v) is 13.6. The number of hydrogen-bond donors (Lipinski definition) is 0. The summed E-state index contributed by atoms with van der Waals surface area (Å²) in [6, 6.07) is 0. The van der Waals surface area contributed by atoms with Crippen LogP contribution in [0.1, 0.15) is 13.8 Å². The Labute approximate surface area is 302 Å². The Morgan fingerprint density at radius 2 is 0.569 bits per heavy atom. The van der Waals surface area contributed by atoms with Gasteiger partial charge in [-0.05, 0) is 71.1 Å². The smallest absolute Gasteiger partial charge is 0.344 e. The number of hydrogen-bond acceptors (Lipinski definition) is 0. The molecule has 2 fully saturated rings. The van der Waals surface area contributed by atoms with Gasteiger partial charge in [-0.25, -0.2) is 71.8 Å². The van der Waals surface area contributed by atoms with Crippen LogP contribution in [0.5, 0.6) is 0 Å². The standard InChI is InChI=1S/C24H6BF15.2C5H5.Zr/c1-3-5-6(4-2)25(7-10(26)16(32)22(38)17(33)11(7)27,8-12(28)18(34)23(39)19(35)13(8)29)9-14(30)20(36)24(40)21(37)15(9)31;2*1-2-4-5-3-1;/h1-2H3;2*1-5H;/q-2;;;+4. The van der Waals surface area contributed by atoms with Crippen LogP contribution in [0, 0.1) is 169 Å². The van der Waals surface area contributed by atoms with Gasteiger partial charge in [-0.2, -0.15) is 0 Å². The molecule has 0 saturated heterocycles. The average molecular weight is 812 g/mol. The van der Waals surface area contributed by atoms with Gasteiger partial charge in [0.05, 0.1) is 0 Å². The summed E-state index contributed by atoms with van der Waals surface area (Å²) in [5.74, 6) is -42.6. The second-order valence-electron chi connectivity index (χ2n) is 9.78. The number of benzene rings is 3. The van der Waals surface area contributed by atoms with E-state index in [2.05, 4.69) is 0 Å². The van der Waals surface area contributed by atoms with E-state index in [1.54, 1.807) is 12.0 Å². The maximum atomic E-state index is 15.3. The molecule has 0 amide bonds. The van der Waals surface area contributed by atoms with Crippen molar-refractivity contribution in [1.29, 1.82) is 0 Å². The van der Waals surface area contributed by atoms with E-state index in [0.717, 1.165) is 6.92 Å². The molecule has 2 aliphatic carbocycles. The summed E-state index contributed by atoms with van der Waals surface area (Å²) in [5, 5.41) is 0. The SMILES string of the molecule is CC#CC(=[C-]C)[B-](c1c(F)c(F)c(F)c(F)c1F)(c1c(F)c(F)c(F)c(F)c1F)c1c(F)c(F)c(F)c(F)c1F.[CH]1[CH][CH][CH][CH]1.[CH]1[CH][CH][CH][CH]1.[Zr+4]. The summed E-state index contributed by atoms with van der Waals surface area (Å²) < 4.78 is 220. The van der Waals surface area contributed by atoms with Crippen LogP contribution in [-0.4, -0.2) is 6.15 Å². The van der Waals surface area contributed by atoms with E-state index in [4.69, 9.17) is 0 Å². The fourth-order valence-corrected chi connectivity index (χ4v) is 5.04. The third-order valence-electron chi connectivity index (χ3n) is 7.10. The van der Waals surface area contributed by atoms with Gasteiger partial charge < -0.3 is 17.5 Å². The monoisotopic (exact) mass is 810 g/mol. The van der Waals surface area contributed by atoms with Crippen LogP contribution in [-0.2, 0) is 26.2 Å². The first kappa shape index (κ1) is 44.0. The molecule has 0 aliphatic heterocycles. The Balaban J connectivity index is 0.000000699. The van der Waals surface area contributed by atoms with Crippen LogP contribution in [0.2, 0.25) is 0 Å². The Kier molecular flexibility index (Phi) is 16.0. The molecule has 262 valence electrons. The molecule has 0 atom stereocenters. The minimum atomic E-state index is -5.86. The molecule has 17 heteroatoms. The van der Waals surface area contributed by atoms with Gasteiger partial charge in [-0.15, -0.1) is 23.3 Å². The third-order valence-corrected chi connectivity index (χ3v) is 7.10. The molecule has 10 radical (unpaired) electrons. The van der Waals surface area contributed by atoms with E-state index < -0.39 is 115 Å². The molecule has 0 unspecified atom stereocenters. The van der Waals surface area contributed by atoms with Crippen molar-refractivity contribution in [1.82, 2.24) is 0 Å². The zero-order valence-electron chi connectivity index (χ0n) is 25.5. The molecule has 0 N–H and O–H groups in total. The number of halogens is 15. The Bertz CT molecular complexity index is 1580. The fraction of sp³-hybridized carbons (Fsp3) is 0.0588. The third kappa shape index (κ3) is 8.11. The molecular formula is C34H16BF15Zr+2. The van der Waals surface area contributed by atoms with Gasteiger partial charge in [0.1, 0.15) is 41.0 Å². The van der Waals surface area contributed by atoms with Crippen molar-refractivity contribution in [2.24, 2.45) is 0 Å². The van der Waals surface area contributed by atoms with E-state index in [9.17, 15) is 39.5 Å². The second kappa shape index (κ2) is 18.6. The molecule has 3 aromatic carbocycles. The van der Waals surface area contributed by atoms with Crippen molar-refractivity contribution < 1.29 is 92.1 Å². The minimum Gasteiger partial charge on any atom is -0.344 e. The maximum absolute atomic E-state index is 15.3. The summed E-state index contributed by atoms with van der Waals surface area (Å²) in [6.45, 7) is 1.34. The summed E-state index contributed by atoms with van der Waals surface area (Å²) >= 11 is 0. The molecule has 0 spiro atoms. The van der Waals surface area contributed by atoms with E-state index >= 15 is 26.3 Å². The summed E-state index contributed by atoms with van der Waals surface area (Å²) in [5.41, 5.74) is -9.96. The quantitative estimate of drug-likeness (QED) is 0.0637. The van der Waals surface area contributed by atoms with Crippen LogP contribution in [0.25, 0.3) is 0 Å². The molecule has 0 nitrogen and oxygen atoms in total. The summed E-state index contributed by atoms with van der Waals surface area (Å²) in [4.78, 5) is 0. The van der Waals surface area contributed by atoms with Crippen molar-refractivity contribution in [2.45, 2.75) is 13.8 Å². The van der Waals surface area contributed by atoms with Crippen LogP contribution < -0.4 is 16.4 Å². The normalized spacial score (nSPS) is 14.2. The molecule has 51 heavy (non-hydrogen) atoms. The molecule has 5 rings (SSSR count). The average Bonchev–Trinajstić information content (AvgIpc) is 3.89. The Morgan fingerprint density at radius 3 is 0.725 bits per heavy atom. The van der Waals surface area contributed by atoms with Crippen LogP contribution >= 0.6 is 0 Å². The van der Waals surface area contributed by atoms with E-state index in [0.29, 0.717) is 6.92 Å². The van der Waals surface area contributed by atoms with Crippen LogP contribution in [0.3, 0.4) is 0 Å². The molecule has 0 heterocycles. The van der Waals surface area contributed by atoms with Gasteiger partial charge in [0.15, 0.2) is 52.4 Å². The molecule has 2 saturated carbocycles. The van der Waals surface area contributed by atoms with Gasteiger partial charge in [0.2, 0.25) is 0 Å². The van der Waals surface area contributed by atoms with Gasteiger partial charge in [-0.3, -0.25) is 0 Å². The zero-order chi connectivity index (χ0) is 37.7. The van der Waals surface area contributed by atoms with E-state index in [1.165, 1.54) is 0 Å². The number of rotatable bonds is 4. The zero-order valence-corrected chi connectivity index (χ0v) is 28.0. The van der Waals surface area contributed by atoms with Gasteiger partial charge in [-0.1, -0.05) is 0 Å². The van der Waals surface area contributed by atoms with Gasteiger partial charge in [0, 0.05) is 0 Å². The number of allylic oxidation sites excluding steroid dienone is 2. The second-order valence-corrected chi connectivity index (χ2v) is 9.78. The summed E-state index contributed by atoms with van der Waals surface area (Å²) in [6.07, 6.45) is 15.9. The first-order valence-electron chi connectivity index (χ1n) is 13.6. The Morgan fingerprint density at radius 1 is 0.392 bits per heavy atom. The molecule has 3 aromatic rings. The topological polar surface area (TPSA) is 0 Å². The van der Waals surface area contributed by atoms with E-state index in [1.807, 2.05) is 70.1 Å². The van der Waals surface area contributed by atoms with Crippen molar-refractivity contribution in [3.05, 3.63) is 163 Å². The summed E-state index contributed by atoms with van der Waals surface area (Å²) in [7, 11) is 0. The molecule has 0 bridgehead atoms. The van der Waals surface area contributed by atoms with Crippen molar-refractivity contribution >= 4 is 22.5 Å². The molecule has 0 aromatic heterocycles. The molecule has 2 aliphatic rings. The van der Waals surface area contributed by atoms with Gasteiger partial charge in [0.25, 0.3) is 0 Å². The van der Waals surface area contributed by atoms with Gasteiger partial charge >= 0.3 is 26.2 Å². The molecular weight excluding hydrogens is 795 g/mol. The maximum Gasteiger partial charge on any atom is 4.00 e. The largest absolute Gasteiger partial charge is 4.00 e. The minimum absolute atomic E-state index is 0. The van der Waals surface area contributed by atoms with Crippen molar-refractivity contribution in [3.8, 4) is 11.8 Å². The fourth-order valence-electron chi connectivity index (χ4n) is 5.04. The van der Waals surface area contributed by atoms with Crippen LogP contribution in [0.4, 0.5) is 65.9 Å². The predicted molar refractivity (Wildman–Crippen MR) is 152 cm³/mol. The first-order chi connectivity index (χ1) is 23.5. The predicted octanol–water partition coefficient (Wildman–Crippen LogP) is 7.60. The van der Waals surface area contributed by atoms with E-state index in [-0.39, 0.29) is 26.2 Å². The van der Waals surface area contributed by atoms with Crippen molar-refractivity contribution in [3.63, 3.8) is 0 Å². The van der Waals surface area contributed by atoms with Crippen molar-refractivity contribution in [2.75, 3.05) is 0 Å². The van der Waals surface area contributed by atoms with Crippen LogP contribution in [0.15, 0.2) is 5.47 Å².